The predicted molar refractivity (Wildman–Crippen MR) is 53.5 cm³/mol. The number of rotatable bonds is 3. The number of esters is 1. The molecule has 1 aromatic rings. The van der Waals surface area contributed by atoms with E-state index in [-0.39, 0.29) is 17.9 Å². The number of aromatic hydroxyl groups is 2. The maximum Gasteiger partial charge on any atom is 0.322 e. The molecule has 5 heteroatoms. The summed E-state index contributed by atoms with van der Waals surface area (Å²) < 4.78 is 4.46. The molecule has 0 spiro atoms. The van der Waals surface area contributed by atoms with E-state index >= 15 is 0 Å². The van der Waals surface area contributed by atoms with Crippen LogP contribution < -0.4 is 5.73 Å². The van der Waals surface area contributed by atoms with Crippen LogP contribution in [0.2, 0.25) is 0 Å². The number of methoxy groups -OCH3 is 1. The molecule has 0 aromatic heterocycles. The third kappa shape index (κ3) is 3.14. The van der Waals surface area contributed by atoms with Gasteiger partial charge in [-0.05, 0) is 24.1 Å². The lowest BCUT2D eigenvalue weighted by Crippen LogP contribution is -2.33. The molecular formula is C10H13NO4. The molecule has 1 rings (SSSR count). The monoisotopic (exact) mass is 211 g/mol. The molecule has 0 aliphatic rings. The highest BCUT2D eigenvalue weighted by Gasteiger charge is 2.14. The molecule has 5 nitrogen and oxygen atoms in total. The summed E-state index contributed by atoms with van der Waals surface area (Å²) in [5.74, 6) is -0.665. The zero-order chi connectivity index (χ0) is 11.4. The fourth-order valence-corrected chi connectivity index (χ4v) is 1.26. The molecule has 0 aliphatic carbocycles. The normalized spacial score (nSPS) is 12.1. The van der Waals surface area contributed by atoms with Gasteiger partial charge in [-0.15, -0.1) is 0 Å². The van der Waals surface area contributed by atoms with Crippen LogP contribution in [0.25, 0.3) is 0 Å². The average molecular weight is 211 g/mol. The molecular weight excluding hydrogens is 198 g/mol. The summed E-state index contributed by atoms with van der Waals surface area (Å²) >= 11 is 0. The van der Waals surface area contributed by atoms with Gasteiger partial charge in [-0.3, -0.25) is 4.79 Å². The van der Waals surface area contributed by atoms with Gasteiger partial charge in [-0.1, -0.05) is 0 Å². The zero-order valence-corrected chi connectivity index (χ0v) is 8.30. The van der Waals surface area contributed by atoms with Gasteiger partial charge in [0.05, 0.1) is 7.11 Å². The Balaban J connectivity index is 2.76. The summed E-state index contributed by atoms with van der Waals surface area (Å²) in [7, 11) is 1.25. The molecule has 0 heterocycles. The van der Waals surface area contributed by atoms with Crippen LogP contribution >= 0.6 is 0 Å². The molecule has 4 N–H and O–H groups in total. The Labute approximate surface area is 87.1 Å². The number of carbonyl (C=O) groups excluding carboxylic acids is 1. The van der Waals surface area contributed by atoms with Gasteiger partial charge in [-0.2, -0.15) is 0 Å². The van der Waals surface area contributed by atoms with Crippen LogP contribution in [-0.4, -0.2) is 29.3 Å². The first kappa shape index (κ1) is 11.3. The van der Waals surface area contributed by atoms with E-state index in [0.717, 1.165) is 0 Å². The van der Waals surface area contributed by atoms with Crippen molar-refractivity contribution in [1.29, 1.82) is 0 Å². The van der Waals surface area contributed by atoms with Crippen LogP contribution in [0.4, 0.5) is 0 Å². The highest BCUT2D eigenvalue weighted by Crippen LogP contribution is 2.21. The minimum absolute atomic E-state index is 0.0675. The van der Waals surface area contributed by atoms with Crippen LogP contribution in [0.15, 0.2) is 18.2 Å². The van der Waals surface area contributed by atoms with Gasteiger partial charge in [0.25, 0.3) is 0 Å². The lowest BCUT2D eigenvalue weighted by Gasteiger charge is -2.09. The van der Waals surface area contributed by atoms with Crippen molar-refractivity contribution in [3.05, 3.63) is 23.8 Å². The summed E-state index contributed by atoms with van der Waals surface area (Å²) in [6, 6.07) is 3.27. The summed E-state index contributed by atoms with van der Waals surface area (Å²) in [4.78, 5) is 11.0. The van der Waals surface area contributed by atoms with Crippen molar-refractivity contribution < 1.29 is 19.7 Å². The highest BCUT2D eigenvalue weighted by atomic mass is 16.5. The molecule has 0 saturated carbocycles. The van der Waals surface area contributed by atoms with E-state index in [1.807, 2.05) is 0 Å². The van der Waals surface area contributed by atoms with Crippen LogP contribution in [0.5, 0.6) is 11.5 Å². The smallest absolute Gasteiger partial charge is 0.322 e. The van der Waals surface area contributed by atoms with E-state index in [1.165, 1.54) is 25.3 Å². The topological polar surface area (TPSA) is 92.8 Å². The van der Waals surface area contributed by atoms with Crippen LogP contribution in [0.3, 0.4) is 0 Å². The molecule has 0 amide bonds. The molecule has 0 aliphatic heterocycles. The standard InChI is InChI=1S/C10H13NO4/c1-15-10(14)9(11)4-6-2-7(12)5-8(13)3-6/h2-3,5,9,12-13H,4,11H2,1H3/t9-/m0/s1. The maximum absolute atomic E-state index is 11.0. The molecule has 0 bridgehead atoms. The van der Waals surface area contributed by atoms with Crippen molar-refractivity contribution in [2.45, 2.75) is 12.5 Å². The van der Waals surface area contributed by atoms with E-state index < -0.39 is 12.0 Å². The Hall–Kier alpha value is -1.75. The Kier molecular flexibility index (Phi) is 3.51. The molecule has 1 aromatic carbocycles. The Morgan fingerprint density at radius 1 is 1.40 bits per heavy atom. The summed E-state index contributed by atoms with van der Waals surface area (Å²) in [6.07, 6.45) is 0.203. The Morgan fingerprint density at radius 2 is 1.93 bits per heavy atom. The van der Waals surface area contributed by atoms with Gasteiger partial charge in [0.15, 0.2) is 0 Å². The predicted octanol–water partition coefficient (Wildman–Crippen LogP) is 0.141. The quantitative estimate of drug-likeness (QED) is 0.618. The molecule has 0 radical (unpaired) electrons. The molecule has 15 heavy (non-hydrogen) atoms. The molecule has 0 unspecified atom stereocenters. The van der Waals surface area contributed by atoms with Crippen LogP contribution in [0, 0.1) is 0 Å². The SMILES string of the molecule is COC(=O)[C@@H](N)Cc1cc(O)cc(O)c1. The van der Waals surface area contributed by atoms with Crippen molar-refractivity contribution in [3.8, 4) is 11.5 Å². The van der Waals surface area contributed by atoms with Crippen molar-refractivity contribution >= 4 is 5.97 Å². The number of hydrogen-bond acceptors (Lipinski definition) is 5. The average Bonchev–Trinajstić information content (AvgIpc) is 2.14. The van der Waals surface area contributed by atoms with Gasteiger partial charge in [0, 0.05) is 6.07 Å². The summed E-state index contributed by atoms with van der Waals surface area (Å²) in [5.41, 5.74) is 6.10. The summed E-state index contributed by atoms with van der Waals surface area (Å²) in [5, 5.41) is 18.4. The van der Waals surface area contributed by atoms with Gasteiger partial charge in [0.2, 0.25) is 0 Å². The molecule has 0 saturated heterocycles. The number of ether oxygens (including phenoxy) is 1. The molecule has 1 atom stereocenters. The first-order valence-electron chi connectivity index (χ1n) is 4.38. The lowest BCUT2D eigenvalue weighted by molar-refractivity contribution is -0.142. The van der Waals surface area contributed by atoms with Gasteiger partial charge >= 0.3 is 5.97 Å². The van der Waals surface area contributed by atoms with E-state index in [4.69, 9.17) is 5.73 Å². The minimum Gasteiger partial charge on any atom is -0.508 e. The third-order valence-corrected chi connectivity index (χ3v) is 1.92. The minimum atomic E-state index is -0.795. The van der Waals surface area contributed by atoms with Gasteiger partial charge in [0.1, 0.15) is 17.5 Å². The number of nitrogens with two attached hydrogens (primary N) is 1. The van der Waals surface area contributed by atoms with Crippen molar-refractivity contribution in [2.75, 3.05) is 7.11 Å². The first-order chi connectivity index (χ1) is 7.02. The number of benzene rings is 1. The van der Waals surface area contributed by atoms with Crippen molar-refractivity contribution in [2.24, 2.45) is 5.73 Å². The van der Waals surface area contributed by atoms with E-state index in [9.17, 15) is 15.0 Å². The maximum atomic E-state index is 11.0. The fourth-order valence-electron chi connectivity index (χ4n) is 1.26. The van der Waals surface area contributed by atoms with Gasteiger partial charge < -0.3 is 20.7 Å². The summed E-state index contributed by atoms with van der Waals surface area (Å²) in [6.45, 7) is 0. The number of carbonyl (C=O) groups is 1. The molecule has 82 valence electrons. The van der Waals surface area contributed by atoms with E-state index in [2.05, 4.69) is 4.74 Å². The number of hydrogen-bond donors (Lipinski definition) is 3. The van der Waals surface area contributed by atoms with E-state index in [1.54, 1.807) is 0 Å². The number of phenols is 2. The second-order valence-corrected chi connectivity index (χ2v) is 3.19. The Morgan fingerprint density at radius 3 is 2.40 bits per heavy atom. The van der Waals surface area contributed by atoms with Crippen LogP contribution in [-0.2, 0) is 16.0 Å². The van der Waals surface area contributed by atoms with Crippen molar-refractivity contribution in [1.82, 2.24) is 0 Å². The first-order valence-corrected chi connectivity index (χ1v) is 4.38. The highest BCUT2D eigenvalue weighted by molar-refractivity contribution is 5.75. The second kappa shape index (κ2) is 4.65. The van der Waals surface area contributed by atoms with Crippen LogP contribution in [0.1, 0.15) is 5.56 Å². The van der Waals surface area contributed by atoms with E-state index in [0.29, 0.717) is 5.56 Å². The largest absolute Gasteiger partial charge is 0.508 e. The Bertz CT molecular complexity index is 344. The second-order valence-electron chi connectivity index (χ2n) is 3.19. The zero-order valence-electron chi connectivity index (χ0n) is 8.30. The number of phenolic OH excluding ortho intramolecular Hbond substituents is 2. The van der Waals surface area contributed by atoms with Crippen molar-refractivity contribution in [3.63, 3.8) is 0 Å². The lowest BCUT2D eigenvalue weighted by atomic mass is 10.1. The molecule has 0 fully saturated rings. The third-order valence-electron chi connectivity index (χ3n) is 1.92. The van der Waals surface area contributed by atoms with Gasteiger partial charge in [-0.25, -0.2) is 0 Å². The fraction of sp³-hybridized carbons (Fsp3) is 0.300.